The summed E-state index contributed by atoms with van der Waals surface area (Å²) in [6.07, 6.45) is 0. The number of benzene rings is 2. The van der Waals surface area contributed by atoms with Crippen LogP contribution < -0.4 is 11.1 Å². The Hall–Kier alpha value is -2.36. The molecular weight excluding hydrogens is 243 g/mol. The molecule has 0 saturated heterocycles. The molecule has 3 N–H and O–H groups in total. The Labute approximate surface area is 111 Å². The van der Waals surface area contributed by atoms with Gasteiger partial charge in [0.05, 0.1) is 0 Å². The second kappa shape index (κ2) is 5.10. The highest BCUT2D eigenvalue weighted by molar-refractivity contribution is 6.05. The average molecular weight is 258 g/mol. The fourth-order valence-electron chi connectivity index (χ4n) is 1.84. The topological polar surface area (TPSA) is 55.1 Å². The second-order valence-corrected chi connectivity index (χ2v) is 4.55. The lowest BCUT2D eigenvalue weighted by molar-refractivity contribution is 0.102. The predicted octanol–water partition coefficient (Wildman–Crippen LogP) is 3.28. The van der Waals surface area contributed by atoms with E-state index in [1.807, 2.05) is 13.0 Å². The molecule has 2 rings (SSSR count). The van der Waals surface area contributed by atoms with E-state index in [0.717, 1.165) is 5.56 Å². The number of carbonyl (C=O) groups is 1. The van der Waals surface area contributed by atoms with Crippen molar-refractivity contribution < 1.29 is 9.18 Å². The maximum absolute atomic E-state index is 13.3. The Morgan fingerprint density at radius 2 is 1.89 bits per heavy atom. The minimum absolute atomic E-state index is 0.291. The third kappa shape index (κ3) is 3.10. The second-order valence-electron chi connectivity index (χ2n) is 4.55. The fraction of sp³-hybridized carbons (Fsp3) is 0.133. The number of amides is 1. The van der Waals surface area contributed by atoms with E-state index < -0.39 is 5.82 Å². The molecule has 0 aliphatic rings. The van der Waals surface area contributed by atoms with E-state index in [-0.39, 0.29) is 5.91 Å². The summed E-state index contributed by atoms with van der Waals surface area (Å²) in [6.45, 7) is 3.61. The van der Waals surface area contributed by atoms with Gasteiger partial charge < -0.3 is 11.1 Å². The molecule has 2 aromatic rings. The third-order valence-electron chi connectivity index (χ3n) is 2.81. The SMILES string of the molecule is Cc1cc(F)cc(C(=O)Nc2cc(N)ccc2C)c1. The number of carbonyl (C=O) groups excluding carboxylic acids is 1. The van der Waals surface area contributed by atoms with Crippen LogP contribution in [-0.2, 0) is 0 Å². The van der Waals surface area contributed by atoms with Crippen LogP contribution in [0.25, 0.3) is 0 Å². The van der Waals surface area contributed by atoms with E-state index in [0.29, 0.717) is 22.5 Å². The normalized spacial score (nSPS) is 10.3. The van der Waals surface area contributed by atoms with Crippen LogP contribution >= 0.6 is 0 Å². The first kappa shape index (κ1) is 13.1. The Balaban J connectivity index is 2.28. The molecule has 2 aromatic carbocycles. The third-order valence-corrected chi connectivity index (χ3v) is 2.81. The summed E-state index contributed by atoms with van der Waals surface area (Å²) in [5.41, 5.74) is 8.77. The number of hydrogen-bond donors (Lipinski definition) is 2. The highest BCUT2D eigenvalue weighted by atomic mass is 19.1. The van der Waals surface area contributed by atoms with E-state index in [1.54, 1.807) is 25.1 Å². The molecule has 0 bridgehead atoms. The molecule has 0 atom stereocenters. The quantitative estimate of drug-likeness (QED) is 0.812. The van der Waals surface area contributed by atoms with Gasteiger partial charge in [-0.2, -0.15) is 0 Å². The lowest BCUT2D eigenvalue weighted by Gasteiger charge is -2.09. The molecule has 3 nitrogen and oxygen atoms in total. The van der Waals surface area contributed by atoms with Crippen LogP contribution in [0.2, 0.25) is 0 Å². The van der Waals surface area contributed by atoms with Gasteiger partial charge in [-0.1, -0.05) is 6.07 Å². The highest BCUT2D eigenvalue weighted by Crippen LogP contribution is 2.19. The van der Waals surface area contributed by atoms with Crippen LogP contribution in [0.3, 0.4) is 0 Å². The maximum Gasteiger partial charge on any atom is 0.255 e. The van der Waals surface area contributed by atoms with Gasteiger partial charge in [0.1, 0.15) is 5.82 Å². The molecular formula is C15H15FN2O. The van der Waals surface area contributed by atoms with E-state index in [9.17, 15) is 9.18 Å². The smallest absolute Gasteiger partial charge is 0.255 e. The summed E-state index contributed by atoms with van der Waals surface area (Å²) in [4.78, 5) is 12.1. The zero-order chi connectivity index (χ0) is 14.0. The molecule has 98 valence electrons. The number of halogens is 1. The van der Waals surface area contributed by atoms with Crippen molar-refractivity contribution in [1.82, 2.24) is 0 Å². The van der Waals surface area contributed by atoms with Crippen molar-refractivity contribution in [2.75, 3.05) is 11.1 Å². The summed E-state index contributed by atoms with van der Waals surface area (Å²) in [5, 5.41) is 2.74. The molecule has 0 saturated carbocycles. The Morgan fingerprint density at radius 1 is 1.16 bits per heavy atom. The Kier molecular flexibility index (Phi) is 3.51. The molecule has 0 aromatic heterocycles. The van der Waals surface area contributed by atoms with E-state index in [1.165, 1.54) is 12.1 Å². The lowest BCUT2D eigenvalue weighted by Crippen LogP contribution is -2.13. The number of nitrogens with two attached hydrogens (primary N) is 1. The van der Waals surface area contributed by atoms with E-state index in [4.69, 9.17) is 5.73 Å². The van der Waals surface area contributed by atoms with Gasteiger partial charge in [0.25, 0.3) is 5.91 Å². The fourth-order valence-corrected chi connectivity index (χ4v) is 1.84. The number of anilines is 2. The summed E-state index contributed by atoms with van der Waals surface area (Å²) >= 11 is 0. The molecule has 0 radical (unpaired) electrons. The standard InChI is InChI=1S/C15H15FN2O/c1-9-5-11(7-12(16)6-9)15(19)18-14-8-13(17)4-3-10(14)2/h3-8H,17H2,1-2H3,(H,18,19). The van der Waals surface area contributed by atoms with Crippen molar-refractivity contribution in [1.29, 1.82) is 0 Å². The van der Waals surface area contributed by atoms with Gasteiger partial charge >= 0.3 is 0 Å². The van der Waals surface area contributed by atoms with Crippen LogP contribution in [0.5, 0.6) is 0 Å². The number of nitrogen functional groups attached to an aromatic ring is 1. The summed E-state index contributed by atoms with van der Waals surface area (Å²) < 4.78 is 13.3. The van der Waals surface area contributed by atoms with Gasteiger partial charge in [0.2, 0.25) is 0 Å². The van der Waals surface area contributed by atoms with Crippen molar-refractivity contribution in [2.24, 2.45) is 0 Å². The van der Waals surface area contributed by atoms with Gasteiger partial charge in [-0.05, 0) is 55.3 Å². The van der Waals surface area contributed by atoms with Crippen LogP contribution in [0.15, 0.2) is 36.4 Å². The van der Waals surface area contributed by atoms with Crippen LogP contribution in [0, 0.1) is 19.7 Å². The van der Waals surface area contributed by atoms with Gasteiger partial charge in [-0.25, -0.2) is 4.39 Å². The van der Waals surface area contributed by atoms with Gasteiger partial charge in [-0.15, -0.1) is 0 Å². The first-order valence-electron chi connectivity index (χ1n) is 5.90. The van der Waals surface area contributed by atoms with E-state index >= 15 is 0 Å². The molecule has 0 aliphatic heterocycles. The first-order chi connectivity index (χ1) is 8.95. The molecule has 0 spiro atoms. The Morgan fingerprint density at radius 3 is 2.58 bits per heavy atom. The number of rotatable bonds is 2. The largest absolute Gasteiger partial charge is 0.399 e. The average Bonchev–Trinajstić information content (AvgIpc) is 2.32. The summed E-state index contributed by atoms with van der Waals surface area (Å²) in [5.74, 6) is -0.772. The zero-order valence-corrected chi connectivity index (χ0v) is 10.8. The van der Waals surface area contributed by atoms with Gasteiger partial charge in [0, 0.05) is 16.9 Å². The van der Waals surface area contributed by atoms with Crippen molar-refractivity contribution in [3.05, 3.63) is 58.9 Å². The van der Waals surface area contributed by atoms with E-state index in [2.05, 4.69) is 5.32 Å². The molecule has 0 aliphatic carbocycles. The monoisotopic (exact) mass is 258 g/mol. The summed E-state index contributed by atoms with van der Waals surface area (Å²) in [7, 11) is 0. The molecule has 4 heteroatoms. The number of hydrogen-bond acceptors (Lipinski definition) is 2. The van der Waals surface area contributed by atoms with Crippen LogP contribution in [0.1, 0.15) is 21.5 Å². The van der Waals surface area contributed by atoms with Crippen molar-refractivity contribution in [3.63, 3.8) is 0 Å². The minimum atomic E-state index is -0.422. The zero-order valence-electron chi connectivity index (χ0n) is 10.8. The highest BCUT2D eigenvalue weighted by Gasteiger charge is 2.09. The van der Waals surface area contributed by atoms with Gasteiger partial charge in [0.15, 0.2) is 0 Å². The van der Waals surface area contributed by atoms with Crippen molar-refractivity contribution >= 4 is 17.3 Å². The van der Waals surface area contributed by atoms with Crippen LogP contribution in [0.4, 0.5) is 15.8 Å². The number of aryl methyl sites for hydroxylation is 2. The predicted molar refractivity (Wildman–Crippen MR) is 74.7 cm³/mol. The molecule has 1 amide bonds. The lowest BCUT2D eigenvalue weighted by atomic mass is 10.1. The maximum atomic E-state index is 13.3. The molecule has 19 heavy (non-hydrogen) atoms. The van der Waals surface area contributed by atoms with Crippen molar-refractivity contribution in [3.8, 4) is 0 Å². The van der Waals surface area contributed by atoms with Gasteiger partial charge in [-0.3, -0.25) is 4.79 Å². The minimum Gasteiger partial charge on any atom is -0.399 e. The van der Waals surface area contributed by atoms with Crippen LogP contribution in [-0.4, -0.2) is 5.91 Å². The summed E-state index contributed by atoms with van der Waals surface area (Å²) in [6, 6.07) is 9.49. The Bertz CT molecular complexity index is 618. The molecule has 0 fully saturated rings. The molecule has 0 heterocycles. The molecule has 0 unspecified atom stereocenters. The number of nitrogens with one attached hydrogen (secondary N) is 1. The van der Waals surface area contributed by atoms with Crippen molar-refractivity contribution in [2.45, 2.75) is 13.8 Å². The first-order valence-corrected chi connectivity index (χ1v) is 5.90.